The van der Waals surface area contributed by atoms with Gasteiger partial charge in [-0.05, 0) is 74.6 Å². The molecule has 0 radical (unpaired) electrons. The molecule has 0 saturated carbocycles. The highest BCUT2D eigenvalue weighted by molar-refractivity contribution is 6.40. The van der Waals surface area contributed by atoms with Gasteiger partial charge in [-0.3, -0.25) is 4.79 Å². The van der Waals surface area contributed by atoms with Gasteiger partial charge in [0, 0.05) is 23.6 Å². The maximum atomic E-state index is 14.5. The van der Waals surface area contributed by atoms with Crippen LogP contribution >= 0.6 is 23.2 Å². The molecule has 1 aliphatic carbocycles. The molecule has 9 heteroatoms. The normalized spacial score (nSPS) is 17.1. The number of pyridine rings is 1. The van der Waals surface area contributed by atoms with Gasteiger partial charge >= 0.3 is 0 Å². The lowest BCUT2D eigenvalue weighted by Gasteiger charge is -2.37. The van der Waals surface area contributed by atoms with E-state index in [0.29, 0.717) is 30.8 Å². The Morgan fingerprint density at radius 3 is 2.58 bits per heavy atom. The zero-order valence-electron chi connectivity index (χ0n) is 20.9. The molecule has 0 amide bonds. The third-order valence-corrected chi connectivity index (χ3v) is 8.03. The minimum atomic E-state index is -0.644. The first-order valence-corrected chi connectivity index (χ1v) is 13.1. The van der Waals surface area contributed by atoms with Crippen LogP contribution in [0.2, 0.25) is 10.0 Å². The highest BCUT2D eigenvalue weighted by Gasteiger charge is 2.41. The van der Waals surface area contributed by atoms with Gasteiger partial charge in [0.15, 0.2) is 5.78 Å². The Labute approximate surface area is 229 Å². The molecule has 3 heterocycles. The topological polar surface area (TPSA) is 65.1 Å². The molecule has 192 valence electrons. The molecular formula is C29H24Cl2FN5O. The largest absolute Gasteiger partial charge is 0.294 e. The van der Waals surface area contributed by atoms with Crippen molar-refractivity contribution < 1.29 is 9.18 Å². The Balaban J connectivity index is 1.41. The number of rotatable bonds is 5. The summed E-state index contributed by atoms with van der Waals surface area (Å²) in [6, 6.07) is 14.0. The van der Waals surface area contributed by atoms with E-state index < -0.39 is 5.41 Å². The van der Waals surface area contributed by atoms with Crippen LogP contribution in [0.3, 0.4) is 0 Å². The number of hydrogen-bond acceptors (Lipinski definition) is 4. The number of Topliss-reactive ketones (excluding diaryl/α,β-unsaturated/α-hetero) is 1. The molecule has 6 rings (SSSR count). The summed E-state index contributed by atoms with van der Waals surface area (Å²) in [4.78, 5) is 18.0. The van der Waals surface area contributed by atoms with Crippen molar-refractivity contribution in [2.45, 2.75) is 44.9 Å². The first-order valence-electron chi connectivity index (χ1n) is 12.4. The Morgan fingerprint density at radius 1 is 1.08 bits per heavy atom. The summed E-state index contributed by atoms with van der Waals surface area (Å²) in [7, 11) is 0. The van der Waals surface area contributed by atoms with Gasteiger partial charge in [-0.15, -0.1) is 0 Å². The van der Waals surface area contributed by atoms with Crippen LogP contribution in [0.15, 0.2) is 61.1 Å². The van der Waals surface area contributed by atoms with Crippen LogP contribution in [0, 0.1) is 19.7 Å². The van der Waals surface area contributed by atoms with Crippen LogP contribution in [0.25, 0.3) is 11.2 Å². The number of halogens is 3. The van der Waals surface area contributed by atoms with Gasteiger partial charge in [0.2, 0.25) is 0 Å². The van der Waals surface area contributed by atoms with Crippen molar-refractivity contribution in [3.05, 3.63) is 111 Å². The smallest absolute Gasteiger partial charge is 0.166 e. The number of ketones is 1. The molecule has 38 heavy (non-hydrogen) atoms. The SMILES string of the molecule is Cc1ccc2c3c(nn2c1)CCC(CC(=O)c1c(Cl)cc(-n2cnc(C)n2)cc1Cl)(c1cccc(F)c1)C3. The lowest BCUT2D eigenvalue weighted by atomic mass is 9.65. The average Bonchev–Trinajstić information content (AvgIpc) is 3.46. The second-order valence-electron chi connectivity index (χ2n) is 10.0. The standard InChI is InChI=1S/C29H24Cl2FN5O/c1-17-6-7-26-22-13-29(19-4-3-5-20(32)10-19,9-8-25(22)35-36(26)15-17)14-27(38)28-23(30)11-21(12-24(28)31)37-16-33-18(2)34-37/h3-7,10-12,15-16H,8-9,13-14H2,1-2H3. The summed E-state index contributed by atoms with van der Waals surface area (Å²) >= 11 is 13.3. The zero-order chi connectivity index (χ0) is 26.6. The Kier molecular flexibility index (Phi) is 6.08. The lowest BCUT2D eigenvalue weighted by molar-refractivity contribution is 0.0942. The van der Waals surface area contributed by atoms with E-state index in [4.69, 9.17) is 28.3 Å². The molecule has 1 aliphatic rings. The minimum Gasteiger partial charge on any atom is -0.294 e. The van der Waals surface area contributed by atoms with Crippen molar-refractivity contribution >= 4 is 34.5 Å². The van der Waals surface area contributed by atoms with E-state index in [0.717, 1.165) is 27.9 Å². The van der Waals surface area contributed by atoms with E-state index in [9.17, 15) is 9.18 Å². The summed E-state index contributed by atoms with van der Waals surface area (Å²) in [5.41, 5.74) is 5.22. The predicted molar refractivity (Wildman–Crippen MR) is 145 cm³/mol. The first-order chi connectivity index (χ1) is 18.2. The van der Waals surface area contributed by atoms with Crippen molar-refractivity contribution in [3.8, 4) is 5.69 Å². The van der Waals surface area contributed by atoms with Crippen LogP contribution in [0.4, 0.5) is 4.39 Å². The molecule has 1 atom stereocenters. The number of carbonyl (C=O) groups excluding carboxylic acids is 1. The fourth-order valence-corrected chi connectivity index (χ4v) is 6.26. The highest BCUT2D eigenvalue weighted by atomic mass is 35.5. The molecule has 0 bridgehead atoms. The number of nitrogens with zero attached hydrogens (tertiary/aromatic N) is 5. The summed E-state index contributed by atoms with van der Waals surface area (Å²) in [5.74, 6) is 0.0782. The summed E-state index contributed by atoms with van der Waals surface area (Å²) in [6.07, 6.45) is 5.56. The number of fused-ring (bicyclic) bond motifs is 3. The molecule has 0 aliphatic heterocycles. The fourth-order valence-electron chi connectivity index (χ4n) is 5.57. The quantitative estimate of drug-likeness (QED) is 0.230. The first kappa shape index (κ1) is 24.8. The number of benzene rings is 2. The van der Waals surface area contributed by atoms with Gasteiger partial charge in [0.1, 0.15) is 18.0 Å². The lowest BCUT2D eigenvalue weighted by Crippen LogP contribution is -2.36. The number of aryl methyl sites for hydroxylation is 3. The molecule has 0 fully saturated rings. The van der Waals surface area contributed by atoms with Crippen LogP contribution in [-0.4, -0.2) is 30.2 Å². The molecule has 6 nitrogen and oxygen atoms in total. The molecule has 0 N–H and O–H groups in total. The van der Waals surface area contributed by atoms with Gasteiger partial charge < -0.3 is 0 Å². The van der Waals surface area contributed by atoms with Gasteiger partial charge in [-0.2, -0.15) is 10.2 Å². The molecule has 3 aromatic heterocycles. The van der Waals surface area contributed by atoms with E-state index in [1.165, 1.54) is 12.1 Å². The molecule has 2 aromatic carbocycles. The van der Waals surface area contributed by atoms with E-state index in [1.54, 1.807) is 36.1 Å². The van der Waals surface area contributed by atoms with Crippen molar-refractivity contribution in [2.75, 3.05) is 0 Å². The molecule has 0 saturated heterocycles. The Morgan fingerprint density at radius 2 is 1.87 bits per heavy atom. The monoisotopic (exact) mass is 547 g/mol. The minimum absolute atomic E-state index is 0.125. The molecule has 1 unspecified atom stereocenters. The second kappa shape index (κ2) is 9.33. The van der Waals surface area contributed by atoms with Crippen molar-refractivity contribution in [1.29, 1.82) is 0 Å². The van der Waals surface area contributed by atoms with Crippen LogP contribution in [0.5, 0.6) is 0 Å². The second-order valence-corrected chi connectivity index (χ2v) is 10.9. The zero-order valence-corrected chi connectivity index (χ0v) is 22.4. The van der Waals surface area contributed by atoms with Crippen LogP contribution in [-0.2, 0) is 18.3 Å². The average molecular weight is 548 g/mol. The molecular weight excluding hydrogens is 524 g/mol. The molecule has 5 aromatic rings. The number of hydrogen-bond donors (Lipinski definition) is 0. The van der Waals surface area contributed by atoms with Crippen LogP contribution in [0.1, 0.15) is 51.4 Å². The van der Waals surface area contributed by atoms with E-state index in [-0.39, 0.29) is 33.6 Å². The summed E-state index contributed by atoms with van der Waals surface area (Å²) in [5, 5.41) is 9.57. The van der Waals surface area contributed by atoms with Crippen molar-refractivity contribution in [3.63, 3.8) is 0 Å². The van der Waals surface area contributed by atoms with Crippen molar-refractivity contribution in [2.24, 2.45) is 0 Å². The summed E-state index contributed by atoms with van der Waals surface area (Å²) < 4.78 is 17.9. The number of aromatic nitrogens is 5. The Hall–Kier alpha value is -3.55. The van der Waals surface area contributed by atoms with Crippen molar-refractivity contribution in [1.82, 2.24) is 24.4 Å². The van der Waals surface area contributed by atoms with Crippen LogP contribution < -0.4 is 0 Å². The maximum Gasteiger partial charge on any atom is 0.166 e. The third kappa shape index (κ3) is 4.29. The Bertz CT molecular complexity index is 1700. The summed E-state index contributed by atoms with van der Waals surface area (Å²) in [6.45, 7) is 3.81. The van der Waals surface area contributed by atoms with Gasteiger partial charge in [-0.1, -0.05) is 41.4 Å². The molecule has 0 spiro atoms. The highest BCUT2D eigenvalue weighted by Crippen LogP contribution is 2.44. The van der Waals surface area contributed by atoms with E-state index in [1.807, 2.05) is 23.7 Å². The van der Waals surface area contributed by atoms with Gasteiger partial charge in [-0.25, -0.2) is 18.6 Å². The van der Waals surface area contributed by atoms with Gasteiger partial charge in [0.05, 0.1) is 32.5 Å². The predicted octanol–water partition coefficient (Wildman–Crippen LogP) is 6.68. The maximum absolute atomic E-state index is 14.5. The van der Waals surface area contributed by atoms with E-state index >= 15 is 0 Å². The van der Waals surface area contributed by atoms with Gasteiger partial charge in [0.25, 0.3) is 0 Å². The third-order valence-electron chi connectivity index (χ3n) is 7.43. The number of carbonyl (C=O) groups is 1. The van der Waals surface area contributed by atoms with E-state index in [2.05, 4.69) is 22.2 Å². The fraction of sp³-hybridized carbons (Fsp3) is 0.241.